The van der Waals surface area contributed by atoms with Gasteiger partial charge >= 0.3 is 12.5 Å². The van der Waals surface area contributed by atoms with Gasteiger partial charge in [0.15, 0.2) is 5.69 Å². The van der Waals surface area contributed by atoms with Gasteiger partial charge in [-0.05, 0) is 36.4 Å². The maximum Gasteiger partial charge on any atom is 0.573 e. The summed E-state index contributed by atoms with van der Waals surface area (Å²) in [6.07, 6.45) is -9.35. The Morgan fingerprint density at radius 1 is 1.00 bits per heavy atom. The van der Waals surface area contributed by atoms with Crippen molar-refractivity contribution in [1.82, 2.24) is 9.78 Å². The summed E-state index contributed by atoms with van der Waals surface area (Å²) in [6, 6.07) is 7.95. The first-order valence-electron chi connectivity index (χ1n) is 8.02. The van der Waals surface area contributed by atoms with Gasteiger partial charge in [0.25, 0.3) is 5.91 Å². The number of nitrogens with one attached hydrogen (secondary N) is 1. The molecule has 1 amide bonds. The van der Waals surface area contributed by atoms with Crippen molar-refractivity contribution in [1.29, 1.82) is 0 Å². The van der Waals surface area contributed by atoms with Crippen LogP contribution in [0.3, 0.4) is 0 Å². The molecule has 1 heterocycles. The van der Waals surface area contributed by atoms with Gasteiger partial charge in [0, 0.05) is 11.8 Å². The standard InChI is InChI=1S/C18H10F7N3O2/c19-10-4-6-12(7-5-10)28-15(17(20,21)22)14(9-26-28)16(29)27-11-2-1-3-13(8-11)30-18(23,24)25/h1-9H,(H,27,29). The molecule has 30 heavy (non-hydrogen) atoms. The van der Waals surface area contributed by atoms with E-state index < -0.39 is 41.3 Å². The van der Waals surface area contributed by atoms with Crippen molar-refractivity contribution < 1.29 is 40.3 Å². The molecule has 1 aromatic heterocycles. The summed E-state index contributed by atoms with van der Waals surface area (Å²) in [7, 11) is 0. The third-order valence-corrected chi connectivity index (χ3v) is 3.68. The summed E-state index contributed by atoms with van der Waals surface area (Å²) in [6.45, 7) is 0. The number of carbonyl (C=O) groups excluding carboxylic acids is 1. The van der Waals surface area contributed by atoms with E-state index in [9.17, 15) is 35.5 Å². The maximum atomic E-state index is 13.6. The van der Waals surface area contributed by atoms with E-state index in [1.807, 2.05) is 0 Å². The van der Waals surface area contributed by atoms with Crippen molar-refractivity contribution in [2.75, 3.05) is 5.32 Å². The normalized spacial score (nSPS) is 12.0. The molecule has 0 aliphatic heterocycles. The van der Waals surface area contributed by atoms with E-state index in [-0.39, 0.29) is 11.4 Å². The van der Waals surface area contributed by atoms with E-state index in [0.717, 1.165) is 42.5 Å². The Bertz CT molecular complexity index is 1060. The molecule has 2 aromatic carbocycles. The average Bonchev–Trinajstić information content (AvgIpc) is 3.07. The third kappa shape index (κ3) is 4.88. The van der Waals surface area contributed by atoms with Crippen LogP contribution >= 0.6 is 0 Å². The molecule has 0 saturated heterocycles. The summed E-state index contributed by atoms with van der Waals surface area (Å²) in [5.41, 5.74) is -2.70. The first-order valence-corrected chi connectivity index (χ1v) is 8.02. The maximum absolute atomic E-state index is 13.6. The fourth-order valence-corrected chi connectivity index (χ4v) is 2.53. The minimum Gasteiger partial charge on any atom is -0.406 e. The molecule has 5 nitrogen and oxygen atoms in total. The van der Waals surface area contributed by atoms with Crippen molar-refractivity contribution >= 4 is 11.6 Å². The van der Waals surface area contributed by atoms with E-state index in [4.69, 9.17) is 0 Å². The van der Waals surface area contributed by atoms with Gasteiger partial charge < -0.3 is 10.1 Å². The highest BCUT2D eigenvalue weighted by molar-refractivity contribution is 6.05. The van der Waals surface area contributed by atoms with Gasteiger partial charge in [-0.3, -0.25) is 4.79 Å². The molecule has 0 unspecified atom stereocenters. The lowest BCUT2D eigenvalue weighted by Gasteiger charge is -2.13. The van der Waals surface area contributed by atoms with Crippen molar-refractivity contribution in [3.05, 3.63) is 71.8 Å². The molecule has 158 valence electrons. The zero-order valence-electron chi connectivity index (χ0n) is 14.6. The van der Waals surface area contributed by atoms with Crippen molar-refractivity contribution in [2.24, 2.45) is 0 Å². The van der Waals surface area contributed by atoms with Gasteiger partial charge in [-0.25, -0.2) is 9.07 Å². The number of halogens is 7. The fourth-order valence-electron chi connectivity index (χ4n) is 2.53. The van der Waals surface area contributed by atoms with Crippen LogP contribution < -0.4 is 10.1 Å². The van der Waals surface area contributed by atoms with E-state index in [1.54, 1.807) is 0 Å². The molecular formula is C18H10F7N3O2. The Kier molecular flexibility index (Phi) is 5.42. The summed E-state index contributed by atoms with van der Waals surface area (Å²) in [4.78, 5) is 12.4. The first kappa shape index (κ1) is 21.1. The van der Waals surface area contributed by atoms with Crippen LogP contribution in [0.15, 0.2) is 54.7 Å². The van der Waals surface area contributed by atoms with Gasteiger partial charge in [0.05, 0.1) is 17.4 Å². The molecule has 3 aromatic rings. The highest BCUT2D eigenvalue weighted by atomic mass is 19.4. The Morgan fingerprint density at radius 3 is 2.27 bits per heavy atom. The monoisotopic (exact) mass is 433 g/mol. The van der Waals surface area contributed by atoms with Gasteiger partial charge in [-0.2, -0.15) is 18.3 Å². The molecule has 0 saturated carbocycles. The van der Waals surface area contributed by atoms with E-state index in [0.29, 0.717) is 10.9 Å². The molecule has 0 bridgehead atoms. The van der Waals surface area contributed by atoms with Crippen LogP contribution in [0.25, 0.3) is 5.69 Å². The number of ether oxygens (including phenoxy) is 1. The zero-order valence-corrected chi connectivity index (χ0v) is 14.6. The van der Waals surface area contributed by atoms with Gasteiger partial charge in [0.1, 0.15) is 11.6 Å². The van der Waals surface area contributed by atoms with Crippen LogP contribution in [-0.4, -0.2) is 22.1 Å². The molecule has 12 heteroatoms. The molecule has 3 rings (SSSR count). The minimum atomic E-state index is -5.02. The minimum absolute atomic E-state index is 0.150. The van der Waals surface area contributed by atoms with Crippen molar-refractivity contribution in [3.8, 4) is 11.4 Å². The average molecular weight is 433 g/mol. The second-order valence-corrected chi connectivity index (χ2v) is 5.82. The van der Waals surface area contributed by atoms with E-state index in [1.165, 1.54) is 6.07 Å². The summed E-state index contributed by atoms with van der Waals surface area (Å²) in [5.74, 6) is -2.61. The van der Waals surface area contributed by atoms with Gasteiger partial charge in [-0.1, -0.05) is 6.07 Å². The number of nitrogens with zero attached hydrogens (tertiary/aromatic N) is 2. The van der Waals surface area contributed by atoms with Crippen LogP contribution in [0, 0.1) is 5.82 Å². The highest BCUT2D eigenvalue weighted by Crippen LogP contribution is 2.34. The lowest BCUT2D eigenvalue weighted by Crippen LogP contribution is -2.21. The molecule has 0 aliphatic carbocycles. The van der Waals surface area contributed by atoms with Crippen LogP contribution in [-0.2, 0) is 6.18 Å². The quantitative estimate of drug-likeness (QED) is 0.577. The molecule has 0 aliphatic rings. The smallest absolute Gasteiger partial charge is 0.406 e. The second kappa shape index (κ2) is 7.69. The number of rotatable bonds is 4. The topological polar surface area (TPSA) is 56.1 Å². The lowest BCUT2D eigenvalue weighted by molar-refractivity contribution is -0.274. The molecule has 1 N–H and O–H groups in total. The zero-order chi connectivity index (χ0) is 22.1. The predicted octanol–water partition coefficient (Wildman–Crippen LogP) is 5.18. The summed E-state index contributed by atoms with van der Waals surface area (Å²) < 4.78 is 94.9. The number of benzene rings is 2. The Balaban J connectivity index is 1.93. The largest absolute Gasteiger partial charge is 0.573 e. The SMILES string of the molecule is O=C(Nc1cccc(OC(F)(F)F)c1)c1cnn(-c2ccc(F)cc2)c1C(F)(F)F. The molecular weight excluding hydrogens is 423 g/mol. The van der Waals surface area contributed by atoms with Gasteiger partial charge in [-0.15, -0.1) is 13.2 Å². The van der Waals surface area contributed by atoms with Crippen LogP contribution in [0.2, 0.25) is 0 Å². The number of alkyl halides is 6. The molecule has 0 atom stereocenters. The predicted molar refractivity (Wildman–Crippen MR) is 89.6 cm³/mol. The summed E-state index contributed by atoms with van der Waals surface area (Å²) >= 11 is 0. The van der Waals surface area contributed by atoms with Crippen molar-refractivity contribution in [2.45, 2.75) is 12.5 Å². The van der Waals surface area contributed by atoms with Gasteiger partial charge in [0.2, 0.25) is 0 Å². The first-order chi connectivity index (χ1) is 13.9. The molecule has 0 fully saturated rings. The van der Waals surface area contributed by atoms with Crippen LogP contribution in [0.1, 0.15) is 16.1 Å². The number of carbonyl (C=O) groups is 1. The molecule has 0 spiro atoms. The summed E-state index contributed by atoms with van der Waals surface area (Å²) in [5, 5.41) is 5.62. The number of hydrogen-bond acceptors (Lipinski definition) is 3. The second-order valence-electron chi connectivity index (χ2n) is 5.82. The van der Waals surface area contributed by atoms with E-state index in [2.05, 4.69) is 15.2 Å². The number of amides is 1. The van der Waals surface area contributed by atoms with Crippen LogP contribution in [0.4, 0.5) is 36.4 Å². The Hall–Kier alpha value is -3.57. The van der Waals surface area contributed by atoms with Crippen LogP contribution in [0.5, 0.6) is 5.75 Å². The van der Waals surface area contributed by atoms with Crippen molar-refractivity contribution in [3.63, 3.8) is 0 Å². The number of aromatic nitrogens is 2. The Labute approximate surface area is 163 Å². The van der Waals surface area contributed by atoms with E-state index >= 15 is 0 Å². The lowest BCUT2D eigenvalue weighted by atomic mass is 10.2. The highest BCUT2D eigenvalue weighted by Gasteiger charge is 2.40. The fraction of sp³-hybridized carbons (Fsp3) is 0.111. The molecule has 0 radical (unpaired) electrons. The Morgan fingerprint density at radius 2 is 1.67 bits per heavy atom. The number of anilines is 1. The number of hydrogen-bond donors (Lipinski definition) is 1. The third-order valence-electron chi connectivity index (χ3n) is 3.68.